The van der Waals surface area contributed by atoms with Gasteiger partial charge in [0, 0.05) is 6.08 Å². The maximum atomic E-state index is 12.3. The average molecular weight is 333 g/mol. The van der Waals surface area contributed by atoms with Crippen molar-refractivity contribution in [1.82, 2.24) is 4.90 Å². The summed E-state index contributed by atoms with van der Waals surface area (Å²) in [7, 11) is 1.24. The van der Waals surface area contributed by atoms with Gasteiger partial charge >= 0.3 is 5.97 Å². The first-order valence-corrected chi connectivity index (χ1v) is 7.36. The molecule has 0 radical (unpaired) electrons. The molecular formula is C15H11NO6S. The first-order chi connectivity index (χ1) is 11.1. The molecule has 0 bridgehead atoms. The van der Waals surface area contributed by atoms with Crippen molar-refractivity contribution in [3.8, 4) is 0 Å². The molecule has 2 amide bonds. The van der Waals surface area contributed by atoms with Crippen LogP contribution < -0.4 is 0 Å². The molecule has 1 aliphatic heterocycles. The quantitative estimate of drug-likeness (QED) is 0.627. The van der Waals surface area contributed by atoms with Crippen molar-refractivity contribution in [1.29, 1.82) is 0 Å². The van der Waals surface area contributed by atoms with Crippen LogP contribution in [-0.2, 0) is 16.1 Å². The molecule has 0 spiro atoms. The maximum absolute atomic E-state index is 12.3. The number of thioether (sulfide) groups is 1. The van der Waals surface area contributed by atoms with Gasteiger partial charge in [0.1, 0.15) is 11.5 Å². The number of hydrogen-bond acceptors (Lipinski definition) is 7. The molecule has 0 aromatic carbocycles. The number of rotatable bonds is 4. The van der Waals surface area contributed by atoms with Crippen LogP contribution in [-0.4, -0.2) is 29.1 Å². The second-order valence-electron chi connectivity index (χ2n) is 4.54. The van der Waals surface area contributed by atoms with Crippen molar-refractivity contribution in [3.05, 3.63) is 52.7 Å². The molecule has 2 aromatic rings. The Morgan fingerprint density at radius 3 is 2.87 bits per heavy atom. The van der Waals surface area contributed by atoms with Crippen LogP contribution in [0, 0.1) is 0 Å². The lowest BCUT2D eigenvalue weighted by Gasteiger charge is -2.09. The molecule has 118 valence electrons. The van der Waals surface area contributed by atoms with Gasteiger partial charge in [-0.2, -0.15) is 0 Å². The fraction of sp³-hybridized carbons (Fsp3) is 0.133. The van der Waals surface area contributed by atoms with Crippen LogP contribution in [0.3, 0.4) is 0 Å². The Morgan fingerprint density at radius 1 is 1.35 bits per heavy atom. The fourth-order valence-corrected chi connectivity index (χ4v) is 2.79. The van der Waals surface area contributed by atoms with E-state index in [1.54, 1.807) is 12.1 Å². The summed E-state index contributed by atoms with van der Waals surface area (Å²) in [5.74, 6) is -0.246. The van der Waals surface area contributed by atoms with Gasteiger partial charge in [0.2, 0.25) is 5.76 Å². The zero-order valence-electron chi connectivity index (χ0n) is 12.0. The lowest BCUT2D eigenvalue weighted by molar-refractivity contribution is -0.123. The van der Waals surface area contributed by atoms with Gasteiger partial charge in [-0.05, 0) is 36.0 Å². The highest BCUT2D eigenvalue weighted by Gasteiger charge is 2.36. The van der Waals surface area contributed by atoms with E-state index >= 15 is 0 Å². The minimum Gasteiger partial charge on any atom is -0.465 e. The highest BCUT2D eigenvalue weighted by Crippen LogP contribution is 2.33. The van der Waals surface area contributed by atoms with Gasteiger partial charge in [0.15, 0.2) is 0 Å². The highest BCUT2D eigenvalue weighted by atomic mass is 32.2. The van der Waals surface area contributed by atoms with Crippen molar-refractivity contribution in [3.63, 3.8) is 0 Å². The minimum absolute atomic E-state index is 0.0144. The molecule has 1 fully saturated rings. The van der Waals surface area contributed by atoms with Gasteiger partial charge in [-0.1, -0.05) is 0 Å². The number of furan rings is 2. The first kappa shape index (κ1) is 15.2. The number of carbonyl (C=O) groups excluding carboxylic acids is 3. The number of nitrogens with zero attached hydrogens (tertiary/aromatic N) is 1. The zero-order valence-corrected chi connectivity index (χ0v) is 12.8. The third-order valence-electron chi connectivity index (χ3n) is 3.05. The topological polar surface area (TPSA) is 90.0 Å². The largest absolute Gasteiger partial charge is 0.465 e. The standard InChI is InChI=1S/C15H11NO6S/c1-20-14(18)11-5-4-10(22-11)8-16-13(17)12(23-15(16)19)7-9-3-2-6-21-9/h2-7H,8H2,1H3. The molecule has 0 unspecified atom stereocenters. The first-order valence-electron chi connectivity index (χ1n) is 6.54. The number of carbonyl (C=O) groups is 3. The molecule has 1 aliphatic rings. The van der Waals surface area contributed by atoms with Crippen molar-refractivity contribution in [2.24, 2.45) is 0 Å². The summed E-state index contributed by atoms with van der Waals surface area (Å²) in [5.41, 5.74) is 0. The number of methoxy groups -OCH3 is 1. The molecule has 8 heteroatoms. The van der Waals surface area contributed by atoms with E-state index in [1.807, 2.05) is 0 Å². The Labute approximate surface area is 134 Å². The molecule has 0 N–H and O–H groups in total. The molecule has 0 aliphatic carbocycles. The third-order valence-corrected chi connectivity index (χ3v) is 3.96. The van der Waals surface area contributed by atoms with E-state index in [0.29, 0.717) is 11.5 Å². The SMILES string of the molecule is COC(=O)c1ccc(CN2C(=O)SC(=Cc3ccco3)C2=O)o1. The number of esters is 1. The lowest BCUT2D eigenvalue weighted by atomic mass is 10.3. The molecule has 2 aromatic heterocycles. The van der Waals surface area contributed by atoms with Crippen molar-refractivity contribution >= 4 is 35.0 Å². The number of hydrogen-bond donors (Lipinski definition) is 0. The molecule has 23 heavy (non-hydrogen) atoms. The summed E-state index contributed by atoms with van der Waals surface area (Å²) in [6, 6.07) is 6.32. The summed E-state index contributed by atoms with van der Waals surface area (Å²) in [6.45, 7) is -0.0584. The summed E-state index contributed by atoms with van der Waals surface area (Å²) in [5, 5.41) is -0.413. The van der Waals surface area contributed by atoms with Crippen LogP contribution in [0.5, 0.6) is 0 Å². The second kappa shape index (κ2) is 6.17. The van der Waals surface area contributed by atoms with Gasteiger partial charge in [-0.15, -0.1) is 0 Å². The van der Waals surface area contributed by atoms with Crippen LogP contribution in [0.4, 0.5) is 4.79 Å². The van der Waals surface area contributed by atoms with Crippen LogP contribution in [0.2, 0.25) is 0 Å². The second-order valence-corrected chi connectivity index (χ2v) is 5.53. The van der Waals surface area contributed by atoms with E-state index in [1.165, 1.54) is 31.6 Å². The summed E-state index contributed by atoms with van der Waals surface area (Å²) in [4.78, 5) is 36.9. The summed E-state index contributed by atoms with van der Waals surface area (Å²) in [6.07, 6.45) is 2.99. The van der Waals surface area contributed by atoms with Crippen molar-refractivity contribution < 1.29 is 28.0 Å². The number of ether oxygens (including phenoxy) is 1. The van der Waals surface area contributed by atoms with E-state index in [0.717, 1.165) is 16.7 Å². The maximum Gasteiger partial charge on any atom is 0.373 e. The van der Waals surface area contributed by atoms with Crippen LogP contribution >= 0.6 is 11.8 Å². The third kappa shape index (κ3) is 3.07. The predicted octanol–water partition coefficient (Wildman–Crippen LogP) is 2.90. The highest BCUT2D eigenvalue weighted by molar-refractivity contribution is 8.18. The average Bonchev–Trinajstić information content (AvgIpc) is 3.26. The van der Waals surface area contributed by atoms with E-state index in [4.69, 9.17) is 8.83 Å². The molecule has 3 rings (SSSR count). The molecule has 3 heterocycles. The normalized spacial score (nSPS) is 16.4. The van der Waals surface area contributed by atoms with E-state index in [2.05, 4.69) is 4.74 Å². The number of imide groups is 1. The van der Waals surface area contributed by atoms with E-state index in [9.17, 15) is 14.4 Å². The Kier molecular flexibility index (Phi) is 4.07. The van der Waals surface area contributed by atoms with Crippen LogP contribution in [0.15, 0.2) is 44.3 Å². The zero-order chi connectivity index (χ0) is 16.4. The summed E-state index contributed by atoms with van der Waals surface area (Å²) >= 11 is 0.822. The van der Waals surface area contributed by atoms with Gasteiger partial charge in [-0.3, -0.25) is 14.5 Å². The van der Waals surface area contributed by atoms with Gasteiger partial charge in [-0.25, -0.2) is 4.79 Å². The molecule has 0 atom stereocenters. The Hall–Kier alpha value is -2.74. The smallest absolute Gasteiger partial charge is 0.373 e. The predicted molar refractivity (Wildman–Crippen MR) is 80.3 cm³/mol. The monoisotopic (exact) mass is 333 g/mol. The molecule has 0 saturated carbocycles. The molecular weight excluding hydrogens is 322 g/mol. The van der Waals surface area contributed by atoms with Crippen LogP contribution in [0.1, 0.15) is 22.1 Å². The van der Waals surface area contributed by atoms with Gasteiger partial charge in [0.25, 0.3) is 11.1 Å². The van der Waals surface area contributed by atoms with Crippen LogP contribution in [0.25, 0.3) is 6.08 Å². The van der Waals surface area contributed by atoms with E-state index in [-0.39, 0.29) is 17.2 Å². The van der Waals surface area contributed by atoms with Crippen molar-refractivity contribution in [2.45, 2.75) is 6.54 Å². The van der Waals surface area contributed by atoms with E-state index < -0.39 is 17.1 Å². The Bertz CT molecular complexity index is 789. The molecule has 7 nitrogen and oxygen atoms in total. The number of amides is 2. The minimum atomic E-state index is -0.622. The van der Waals surface area contributed by atoms with Gasteiger partial charge in [0.05, 0.1) is 24.8 Å². The van der Waals surface area contributed by atoms with Crippen molar-refractivity contribution in [2.75, 3.05) is 7.11 Å². The Balaban J connectivity index is 1.76. The summed E-state index contributed by atoms with van der Waals surface area (Å²) < 4.78 is 14.9. The molecule has 1 saturated heterocycles. The lowest BCUT2D eigenvalue weighted by Crippen LogP contribution is -2.27. The fourth-order valence-electron chi connectivity index (χ4n) is 1.97. The van der Waals surface area contributed by atoms with Gasteiger partial charge < -0.3 is 13.6 Å². The Morgan fingerprint density at radius 2 is 2.17 bits per heavy atom.